The molecule has 0 saturated heterocycles. The van der Waals surface area contributed by atoms with Crippen molar-refractivity contribution in [3.05, 3.63) is 64.7 Å². The van der Waals surface area contributed by atoms with Gasteiger partial charge >= 0.3 is 0 Å². The van der Waals surface area contributed by atoms with Gasteiger partial charge in [-0.2, -0.15) is 0 Å². The van der Waals surface area contributed by atoms with E-state index in [2.05, 4.69) is 4.98 Å². The first kappa shape index (κ1) is 19.2. The van der Waals surface area contributed by atoms with Crippen LogP contribution in [0.1, 0.15) is 12.5 Å². The number of benzene rings is 2. The molecule has 2 aromatic carbocycles. The Morgan fingerprint density at radius 3 is 2.84 bits per heavy atom. The van der Waals surface area contributed by atoms with Crippen LogP contribution in [0.25, 0.3) is 22.1 Å². The number of hydrogen-bond acceptors (Lipinski definition) is 6. The molecule has 3 heterocycles. The molecule has 0 saturated carbocycles. The smallest absolute Gasteiger partial charge is 0.297 e. The molecule has 5 rings (SSSR count). The molecule has 1 amide bonds. The number of fused-ring (bicyclic) bond motifs is 4. The highest BCUT2D eigenvalue weighted by atomic mass is 16.6. The Morgan fingerprint density at radius 2 is 1.97 bits per heavy atom. The second-order valence-electron chi connectivity index (χ2n) is 7.30. The fourth-order valence-corrected chi connectivity index (χ4v) is 3.81. The average molecular weight is 419 g/mol. The number of rotatable bonds is 5. The normalized spacial score (nSPS) is 12.9. The predicted molar refractivity (Wildman–Crippen MR) is 114 cm³/mol. The molecule has 0 atom stereocenters. The summed E-state index contributed by atoms with van der Waals surface area (Å²) in [6.07, 6.45) is 1.40. The summed E-state index contributed by atoms with van der Waals surface area (Å²) < 4.78 is 18.4. The topological polar surface area (TPSA) is 86.8 Å². The van der Waals surface area contributed by atoms with Crippen molar-refractivity contribution in [3.8, 4) is 11.5 Å². The van der Waals surface area contributed by atoms with Gasteiger partial charge in [0.15, 0.2) is 11.5 Å². The molecule has 0 fully saturated rings. The molecule has 0 radical (unpaired) electrons. The second-order valence-corrected chi connectivity index (χ2v) is 7.30. The first-order chi connectivity index (χ1) is 15.2. The van der Waals surface area contributed by atoms with Crippen molar-refractivity contribution >= 4 is 28.0 Å². The SMILES string of the molecule is CCN(Cc1cccc2c1OCCO2)C(=O)Cn1cnc2c(oc3ccccc32)c1=O. The minimum atomic E-state index is -0.376. The number of likely N-dealkylation sites (N-methyl/N-ethyl adjacent to an activating group) is 1. The fourth-order valence-electron chi connectivity index (χ4n) is 3.81. The van der Waals surface area contributed by atoms with E-state index in [1.54, 1.807) is 11.0 Å². The van der Waals surface area contributed by atoms with E-state index in [-0.39, 0.29) is 23.6 Å². The highest BCUT2D eigenvalue weighted by Crippen LogP contribution is 2.34. The first-order valence-corrected chi connectivity index (χ1v) is 10.2. The molecular weight excluding hydrogens is 398 g/mol. The molecule has 4 aromatic rings. The quantitative estimate of drug-likeness (QED) is 0.494. The van der Waals surface area contributed by atoms with Gasteiger partial charge in [0.1, 0.15) is 30.9 Å². The molecule has 0 N–H and O–H groups in total. The van der Waals surface area contributed by atoms with Gasteiger partial charge in [0.2, 0.25) is 11.5 Å². The lowest BCUT2D eigenvalue weighted by Gasteiger charge is -2.25. The van der Waals surface area contributed by atoms with Crippen LogP contribution >= 0.6 is 0 Å². The van der Waals surface area contributed by atoms with Gasteiger partial charge in [0.05, 0.1) is 6.33 Å². The molecule has 31 heavy (non-hydrogen) atoms. The standard InChI is InChI=1S/C23H21N3O5/c1-2-25(12-15-6-5-9-18-21(15)30-11-10-29-18)19(27)13-26-14-24-20-16-7-3-4-8-17(16)31-22(20)23(26)28/h3-9,14H,2,10-13H2,1H3. The van der Waals surface area contributed by atoms with Crippen molar-refractivity contribution in [2.24, 2.45) is 0 Å². The van der Waals surface area contributed by atoms with Crippen molar-refractivity contribution in [2.45, 2.75) is 20.0 Å². The minimum absolute atomic E-state index is 0.126. The van der Waals surface area contributed by atoms with Crippen LogP contribution < -0.4 is 15.0 Å². The summed E-state index contributed by atoms with van der Waals surface area (Å²) in [5.74, 6) is 1.15. The summed E-state index contributed by atoms with van der Waals surface area (Å²) in [7, 11) is 0. The number of carbonyl (C=O) groups is 1. The predicted octanol–water partition coefficient (Wildman–Crippen LogP) is 2.96. The monoisotopic (exact) mass is 419 g/mol. The van der Waals surface area contributed by atoms with Crippen molar-refractivity contribution in [3.63, 3.8) is 0 Å². The van der Waals surface area contributed by atoms with Crippen molar-refractivity contribution < 1.29 is 18.7 Å². The van der Waals surface area contributed by atoms with Gasteiger partial charge in [-0.15, -0.1) is 0 Å². The number of furan rings is 1. The van der Waals surface area contributed by atoms with Crippen LogP contribution in [0.2, 0.25) is 0 Å². The minimum Gasteiger partial charge on any atom is -0.486 e. The van der Waals surface area contributed by atoms with Crippen LogP contribution in [-0.4, -0.2) is 40.1 Å². The number of carbonyl (C=O) groups excluding carboxylic acids is 1. The number of aromatic nitrogens is 2. The van der Waals surface area contributed by atoms with Crippen LogP contribution in [0, 0.1) is 0 Å². The zero-order valence-corrected chi connectivity index (χ0v) is 17.0. The lowest BCUT2D eigenvalue weighted by Crippen LogP contribution is -2.36. The van der Waals surface area contributed by atoms with E-state index in [1.165, 1.54) is 10.9 Å². The lowest BCUT2D eigenvalue weighted by molar-refractivity contribution is -0.132. The Balaban J connectivity index is 1.41. The third-order valence-electron chi connectivity index (χ3n) is 5.40. The summed E-state index contributed by atoms with van der Waals surface area (Å²) >= 11 is 0. The van der Waals surface area contributed by atoms with Gasteiger partial charge in [-0.25, -0.2) is 4.98 Å². The molecule has 8 heteroatoms. The maximum atomic E-state index is 13.0. The van der Waals surface area contributed by atoms with Gasteiger partial charge < -0.3 is 18.8 Å². The maximum absolute atomic E-state index is 13.0. The lowest BCUT2D eigenvalue weighted by atomic mass is 10.1. The summed E-state index contributed by atoms with van der Waals surface area (Å²) in [6.45, 7) is 3.60. The number of amides is 1. The summed E-state index contributed by atoms with van der Waals surface area (Å²) in [4.78, 5) is 32.0. The van der Waals surface area contributed by atoms with Gasteiger partial charge in [-0.3, -0.25) is 14.2 Å². The number of ether oxygens (including phenoxy) is 2. The number of nitrogens with zero attached hydrogens (tertiary/aromatic N) is 3. The van der Waals surface area contributed by atoms with Crippen LogP contribution in [0.3, 0.4) is 0 Å². The highest BCUT2D eigenvalue weighted by molar-refractivity contribution is 6.01. The molecule has 0 bridgehead atoms. The van der Waals surface area contributed by atoms with Crippen LogP contribution in [0.5, 0.6) is 11.5 Å². The maximum Gasteiger partial charge on any atom is 0.297 e. The largest absolute Gasteiger partial charge is 0.486 e. The van der Waals surface area contributed by atoms with E-state index in [1.807, 2.05) is 43.3 Å². The molecular formula is C23H21N3O5. The summed E-state index contributed by atoms with van der Waals surface area (Å²) in [5.41, 5.74) is 1.74. The average Bonchev–Trinajstić information content (AvgIpc) is 3.19. The zero-order chi connectivity index (χ0) is 21.4. The molecule has 2 aromatic heterocycles. The highest BCUT2D eigenvalue weighted by Gasteiger charge is 2.21. The fraction of sp³-hybridized carbons (Fsp3) is 0.261. The van der Waals surface area contributed by atoms with Gasteiger partial charge in [0.25, 0.3) is 5.56 Å². The number of hydrogen-bond donors (Lipinski definition) is 0. The Hall–Kier alpha value is -3.81. The molecule has 158 valence electrons. The molecule has 0 aliphatic carbocycles. The van der Waals surface area contributed by atoms with E-state index in [0.717, 1.165) is 10.9 Å². The van der Waals surface area contributed by atoms with Crippen molar-refractivity contribution in [1.29, 1.82) is 0 Å². The Morgan fingerprint density at radius 1 is 1.13 bits per heavy atom. The van der Waals surface area contributed by atoms with Gasteiger partial charge in [0, 0.05) is 24.0 Å². The summed E-state index contributed by atoms with van der Waals surface area (Å²) in [5, 5.41) is 0.777. The molecule has 0 spiro atoms. The Bertz CT molecular complexity index is 1340. The molecule has 8 nitrogen and oxygen atoms in total. The first-order valence-electron chi connectivity index (χ1n) is 10.2. The Kier molecular flexibility index (Phi) is 4.82. The van der Waals surface area contributed by atoms with Crippen LogP contribution in [-0.2, 0) is 17.9 Å². The van der Waals surface area contributed by atoms with Crippen LogP contribution in [0.4, 0.5) is 0 Å². The van der Waals surface area contributed by atoms with Gasteiger partial charge in [-0.05, 0) is 25.1 Å². The third-order valence-corrected chi connectivity index (χ3v) is 5.40. The second kappa shape index (κ2) is 7.79. The third kappa shape index (κ3) is 3.39. The van der Waals surface area contributed by atoms with E-state index in [9.17, 15) is 9.59 Å². The number of para-hydroxylation sites is 2. The van der Waals surface area contributed by atoms with Gasteiger partial charge in [-0.1, -0.05) is 24.3 Å². The van der Waals surface area contributed by atoms with Crippen molar-refractivity contribution in [2.75, 3.05) is 19.8 Å². The van der Waals surface area contributed by atoms with E-state index in [0.29, 0.717) is 48.9 Å². The molecule has 0 unspecified atom stereocenters. The molecule has 1 aliphatic heterocycles. The van der Waals surface area contributed by atoms with Crippen molar-refractivity contribution in [1.82, 2.24) is 14.5 Å². The van der Waals surface area contributed by atoms with E-state index >= 15 is 0 Å². The van der Waals surface area contributed by atoms with E-state index < -0.39 is 0 Å². The van der Waals surface area contributed by atoms with E-state index in [4.69, 9.17) is 13.9 Å². The summed E-state index contributed by atoms with van der Waals surface area (Å²) in [6, 6.07) is 13.0. The zero-order valence-electron chi connectivity index (χ0n) is 17.0. The van der Waals surface area contributed by atoms with Crippen LogP contribution in [0.15, 0.2) is 58.0 Å². The molecule has 1 aliphatic rings. The Labute approximate surface area is 177 Å².